The molecule has 11 heteroatoms. The maximum atomic E-state index is 15.3. The van der Waals surface area contributed by atoms with Gasteiger partial charge in [-0.2, -0.15) is 0 Å². The largest absolute Gasteiger partial charge is 0.494 e. The van der Waals surface area contributed by atoms with E-state index in [1.807, 2.05) is 61.7 Å². The molecule has 0 unspecified atom stereocenters. The predicted octanol–water partition coefficient (Wildman–Crippen LogP) is 5.09. The van der Waals surface area contributed by atoms with Crippen molar-refractivity contribution in [3.63, 3.8) is 0 Å². The summed E-state index contributed by atoms with van der Waals surface area (Å²) < 4.78 is 23.0. The number of hydrogen-bond donors (Lipinski definition) is 2. The minimum Gasteiger partial charge on any atom is -0.494 e. The average Bonchev–Trinajstić information content (AvgIpc) is 3.31. The Labute approximate surface area is 226 Å². The number of rotatable bonds is 7. The van der Waals surface area contributed by atoms with E-state index < -0.39 is 5.82 Å². The van der Waals surface area contributed by atoms with Crippen LogP contribution in [-0.2, 0) is 0 Å². The molecule has 2 N–H and O–H groups in total. The van der Waals surface area contributed by atoms with Crippen molar-refractivity contribution in [2.45, 2.75) is 19.9 Å². The van der Waals surface area contributed by atoms with Crippen LogP contribution in [0.4, 0.5) is 27.7 Å². The van der Waals surface area contributed by atoms with Crippen molar-refractivity contribution >= 4 is 45.9 Å². The van der Waals surface area contributed by atoms with Gasteiger partial charge in [0.2, 0.25) is 11.9 Å². The number of fused-ring (bicyclic) bond motifs is 1. The maximum Gasteiger partial charge on any atom is 0.227 e. The number of piperazine rings is 1. The smallest absolute Gasteiger partial charge is 0.227 e. The van der Waals surface area contributed by atoms with E-state index in [2.05, 4.69) is 30.5 Å². The molecule has 38 heavy (non-hydrogen) atoms. The van der Waals surface area contributed by atoms with Gasteiger partial charge >= 0.3 is 0 Å². The summed E-state index contributed by atoms with van der Waals surface area (Å²) in [6.45, 7) is 7.85. The molecule has 0 aliphatic carbocycles. The molecule has 1 aliphatic heterocycles. The van der Waals surface area contributed by atoms with Crippen LogP contribution in [0.25, 0.3) is 22.3 Å². The number of anilines is 4. The summed E-state index contributed by atoms with van der Waals surface area (Å²) >= 11 is 6.52. The Hall–Kier alpha value is -3.63. The Kier molecular flexibility index (Phi) is 7.27. The molecule has 0 amide bonds. The third-order valence-electron chi connectivity index (χ3n) is 6.58. The third kappa shape index (κ3) is 4.93. The van der Waals surface area contributed by atoms with Crippen LogP contribution in [-0.4, -0.2) is 66.9 Å². The molecular formula is C27H32ClFN8O. The Morgan fingerprint density at radius 1 is 1.13 bits per heavy atom. The van der Waals surface area contributed by atoms with Crippen molar-refractivity contribution in [3.8, 4) is 17.0 Å². The fourth-order valence-corrected chi connectivity index (χ4v) is 4.96. The van der Waals surface area contributed by atoms with E-state index in [4.69, 9.17) is 16.3 Å². The zero-order chi connectivity index (χ0) is 27.0. The van der Waals surface area contributed by atoms with E-state index in [0.717, 1.165) is 37.6 Å². The number of halogens is 2. The van der Waals surface area contributed by atoms with Gasteiger partial charge in [0, 0.05) is 63.6 Å². The highest BCUT2D eigenvalue weighted by molar-refractivity contribution is 6.33. The second kappa shape index (κ2) is 10.6. The first-order valence-corrected chi connectivity index (χ1v) is 13.0. The van der Waals surface area contributed by atoms with E-state index in [1.54, 1.807) is 7.11 Å². The van der Waals surface area contributed by atoms with E-state index in [1.165, 1.54) is 12.3 Å². The molecule has 1 fully saturated rings. The number of nitrogens with zero attached hydrogens (tertiary/aromatic N) is 6. The first-order chi connectivity index (χ1) is 18.3. The number of nitrogens with one attached hydrogen (secondary N) is 2. The van der Waals surface area contributed by atoms with Gasteiger partial charge in [0.15, 0.2) is 5.82 Å². The van der Waals surface area contributed by atoms with Crippen molar-refractivity contribution in [1.29, 1.82) is 0 Å². The van der Waals surface area contributed by atoms with E-state index in [9.17, 15) is 0 Å². The molecule has 0 saturated carbocycles. The third-order valence-corrected chi connectivity index (χ3v) is 6.85. The summed E-state index contributed by atoms with van der Waals surface area (Å²) in [6.07, 6.45) is 1.51. The molecule has 2 aromatic heterocycles. The van der Waals surface area contributed by atoms with Crippen molar-refractivity contribution in [2.24, 2.45) is 0 Å². The zero-order valence-corrected chi connectivity index (χ0v) is 23.0. The van der Waals surface area contributed by atoms with Gasteiger partial charge in [-0.1, -0.05) is 11.6 Å². The SMILES string of the molecule is COc1cc(N2CCNCC2)ccc1Nc1ncc(Cl)c(-c2cc(F)c3nc(N(C)C)n(C(C)C)c3c2)n1. The highest BCUT2D eigenvalue weighted by Crippen LogP contribution is 2.36. The van der Waals surface area contributed by atoms with Crippen molar-refractivity contribution in [3.05, 3.63) is 47.4 Å². The van der Waals surface area contributed by atoms with Gasteiger partial charge in [-0.25, -0.2) is 19.3 Å². The molecule has 0 radical (unpaired) electrons. The molecule has 9 nitrogen and oxygen atoms in total. The highest BCUT2D eigenvalue weighted by atomic mass is 35.5. The second-order valence-corrected chi connectivity index (χ2v) is 10.1. The van der Waals surface area contributed by atoms with Gasteiger partial charge in [0.1, 0.15) is 11.3 Å². The normalized spacial score (nSPS) is 13.8. The van der Waals surface area contributed by atoms with Crippen molar-refractivity contribution in [2.75, 3.05) is 62.5 Å². The van der Waals surface area contributed by atoms with E-state index in [0.29, 0.717) is 45.0 Å². The standard InChI is InChI=1S/C27H32ClFN8O/c1-16(2)37-22-13-17(12-20(29)25(22)34-27(37)35(3)4)24-19(28)15-31-26(33-24)32-21-7-6-18(14-23(21)38-5)36-10-8-30-9-11-36/h6-7,12-16,30H,8-11H2,1-5H3,(H,31,32,33). The van der Waals surface area contributed by atoms with E-state index >= 15 is 4.39 Å². The van der Waals surface area contributed by atoms with Crippen LogP contribution in [0.5, 0.6) is 5.75 Å². The van der Waals surface area contributed by atoms with Crippen LogP contribution in [0, 0.1) is 5.82 Å². The number of methoxy groups -OCH3 is 1. The highest BCUT2D eigenvalue weighted by Gasteiger charge is 2.21. The molecule has 2 aromatic carbocycles. The number of imidazole rings is 1. The van der Waals surface area contributed by atoms with Gasteiger partial charge < -0.3 is 29.7 Å². The van der Waals surface area contributed by atoms with Crippen LogP contribution in [0.1, 0.15) is 19.9 Å². The lowest BCUT2D eigenvalue weighted by Crippen LogP contribution is -2.43. The van der Waals surface area contributed by atoms with Crippen LogP contribution < -0.4 is 25.2 Å². The minimum absolute atomic E-state index is 0.0711. The average molecular weight is 539 g/mol. The summed E-state index contributed by atoms with van der Waals surface area (Å²) in [5.41, 5.74) is 3.75. The van der Waals surface area contributed by atoms with Crippen molar-refractivity contribution in [1.82, 2.24) is 24.8 Å². The van der Waals surface area contributed by atoms with Gasteiger partial charge in [-0.05, 0) is 38.1 Å². The Morgan fingerprint density at radius 2 is 1.89 bits per heavy atom. The number of ether oxygens (including phenoxy) is 1. The van der Waals surface area contributed by atoms with Crippen LogP contribution in [0.15, 0.2) is 36.5 Å². The Balaban J connectivity index is 1.51. The summed E-state index contributed by atoms with van der Waals surface area (Å²) in [5.74, 6) is 1.24. The summed E-state index contributed by atoms with van der Waals surface area (Å²) in [4.78, 5) is 17.7. The first-order valence-electron chi connectivity index (χ1n) is 12.6. The van der Waals surface area contributed by atoms with Gasteiger partial charge in [-0.15, -0.1) is 0 Å². The molecule has 5 rings (SSSR count). The summed E-state index contributed by atoms with van der Waals surface area (Å²) in [6, 6.07) is 9.36. The fourth-order valence-electron chi connectivity index (χ4n) is 4.75. The van der Waals surface area contributed by atoms with Crippen LogP contribution >= 0.6 is 11.6 Å². The lowest BCUT2D eigenvalue weighted by atomic mass is 10.1. The summed E-state index contributed by atoms with van der Waals surface area (Å²) in [7, 11) is 5.42. The lowest BCUT2D eigenvalue weighted by molar-refractivity contribution is 0.416. The molecule has 200 valence electrons. The molecule has 1 saturated heterocycles. The molecular weight excluding hydrogens is 507 g/mol. The molecule has 0 bridgehead atoms. The maximum absolute atomic E-state index is 15.3. The topological polar surface area (TPSA) is 83.4 Å². The molecule has 1 aliphatic rings. The van der Waals surface area contributed by atoms with Gasteiger partial charge in [0.05, 0.1) is 35.2 Å². The molecule has 0 spiro atoms. The first kappa shape index (κ1) is 26.0. The zero-order valence-electron chi connectivity index (χ0n) is 22.2. The van der Waals surface area contributed by atoms with Gasteiger partial charge in [-0.3, -0.25) is 0 Å². The Morgan fingerprint density at radius 3 is 2.58 bits per heavy atom. The quantitative estimate of drug-likeness (QED) is 0.336. The van der Waals surface area contributed by atoms with Crippen LogP contribution in [0.3, 0.4) is 0 Å². The second-order valence-electron chi connectivity index (χ2n) is 9.73. The van der Waals surface area contributed by atoms with Crippen LogP contribution in [0.2, 0.25) is 5.02 Å². The summed E-state index contributed by atoms with van der Waals surface area (Å²) in [5, 5.41) is 6.92. The monoisotopic (exact) mass is 538 g/mol. The van der Waals surface area contributed by atoms with E-state index in [-0.39, 0.29) is 6.04 Å². The minimum atomic E-state index is -0.436. The molecule has 3 heterocycles. The number of aromatic nitrogens is 4. The number of benzene rings is 2. The Bertz CT molecular complexity index is 1470. The predicted molar refractivity (Wildman–Crippen MR) is 152 cm³/mol. The van der Waals surface area contributed by atoms with Gasteiger partial charge in [0.25, 0.3) is 0 Å². The fraction of sp³-hybridized carbons (Fsp3) is 0.370. The molecule has 4 aromatic rings. The van der Waals surface area contributed by atoms with Crippen molar-refractivity contribution < 1.29 is 9.13 Å². The number of hydrogen-bond acceptors (Lipinski definition) is 8. The lowest BCUT2D eigenvalue weighted by Gasteiger charge is -2.30. The molecule has 0 atom stereocenters.